The zero-order valence-corrected chi connectivity index (χ0v) is 21.1. The number of hydrogen-bond acceptors (Lipinski definition) is 8. The molecule has 39 heavy (non-hydrogen) atoms. The summed E-state index contributed by atoms with van der Waals surface area (Å²) in [4.78, 5) is 17.5. The van der Waals surface area contributed by atoms with Crippen LogP contribution in [0.4, 0.5) is 13.2 Å². The van der Waals surface area contributed by atoms with E-state index in [9.17, 15) is 13.2 Å². The molecule has 0 amide bonds. The summed E-state index contributed by atoms with van der Waals surface area (Å²) >= 11 is 0. The van der Waals surface area contributed by atoms with Crippen LogP contribution in [0.15, 0.2) is 49.2 Å². The smallest absolute Gasteiger partial charge is 0.435 e. The van der Waals surface area contributed by atoms with Crippen LogP contribution in [0.3, 0.4) is 0 Å². The second-order valence-electron chi connectivity index (χ2n) is 9.06. The van der Waals surface area contributed by atoms with E-state index >= 15 is 0 Å². The molecule has 0 atom stereocenters. The van der Waals surface area contributed by atoms with E-state index in [1.54, 1.807) is 37.0 Å². The third-order valence-electron chi connectivity index (χ3n) is 6.41. The van der Waals surface area contributed by atoms with Crippen LogP contribution < -0.4 is 9.47 Å². The molecule has 0 aliphatic heterocycles. The minimum atomic E-state index is -4.58. The number of fused-ring (bicyclic) bond motifs is 1. The summed E-state index contributed by atoms with van der Waals surface area (Å²) in [5, 5.41) is 8.59. The van der Waals surface area contributed by atoms with Gasteiger partial charge in [-0.1, -0.05) is 12.1 Å². The van der Waals surface area contributed by atoms with Crippen LogP contribution >= 0.6 is 0 Å². The Bertz CT molecular complexity index is 1640. The van der Waals surface area contributed by atoms with Crippen molar-refractivity contribution in [3.8, 4) is 23.1 Å². The van der Waals surface area contributed by atoms with Crippen LogP contribution in [0.1, 0.15) is 48.3 Å². The Balaban J connectivity index is 1.36. The minimum absolute atomic E-state index is 0.0181. The molecule has 200 valence electrons. The van der Waals surface area contributed by atoms with Crippen molar-refractivity contribution in [1.82, 2.24) is 39.5 Å². The van der Waals surface area contributed by atoms with Crippen molar-refractivity contribution in [2.45, 2.75) is 38.3 Å². The van der Waals surface area contributed by atoms with Gasteiger partial charge >= 0.3 is 6.18 Å². The first-order chi connectivity index (χ1) is 18.9. The van der Waals surface area contributed by atoms with Gasteiger partial charge < -0.3 is 9.47 Å². The predicted molar refractivity (Wildman–Crippen MR) is 133 cm³/mol. The number of nitrogens with zero attached hydrogens (tertiary/aromatic N) is 8. The summed E-state index contributed by atoms with van der Waals surface area (Å²) < 4.78 is 53.6. The fraction of sp³-hybridized carbons (Fsp3) is 0.308. The standard InChI is InChI=1S/C26H23F3N8O2/c1-3-39-21-11-20(26(27,28)29)35-36(21)17-8-4-15(5-9-17)10-18-23-19(12-30-13-31-23)37(34-18)24-22(16-6-7-16)32-14-33-25(24)38-2/h4-5,8-9,11-14,16H,3,6-7,10H2,1-2H3. The number of hydrogen-bond donors (Lipinski definition) is 0. The molecule has 0 bridgehead atoms. The summed E-state index contributed by atoms with van der Waals surface area (Å²) in [5.74, 6) is 0.752. The van der Waals surface area contributed by atoms with E-state index in [2.05, 4.69) is 25.0 Å². The maximum atomic E-state index is 13.2. The SMILES string of the molecule is CCOc1cc(C(F)(F)F)nn1-c1ccc(Cc2nn(-c3c(OC)ncnc3C3CC3)c3cncnc23)cc1. The summed E-state index contributed by atoms with van der Waals surface area (Å²) in [6.07, 6.45) is 2.56. The Hall–Kier alpha value is -4.55. The molecule has 6 rings (SSSR count). The first kappa shape index (κ1) is 24.8. The van der Waals surface area contributed by atoms with Gasteiger partial charge in [0.15, 0.2) is 5.69 Å². The van der Waals surface area contributed by atoms with Crippen LogP contribution in [0.5, 0.6) is 11.8 Å². The van der Waals surface area contributed by atoms with Gasteiger partial charge in [0.2, 0.25) is 11.8 Å². The van der Waals surface area contributed by atoms with E-state index in [1.165, 1.54) is 12.7 Å². The minimum Gasteiger partial charge on any atom is -0.479 e. The number of rotatable bonds is 8. The molecule has 0 saturated heterocycles. The topological polar surface area (TPSA) is 106 Å². The molecule has 1 aliphatic rings. The maximum absolute atomic E-state index is 13.2. The maximum Gasteiger partial charge on any atom is 0.435 e. The van der Waals surface area contributed by atoms with Crippen LogP contribution in [0.25, 0.3) is 22.4 Å². The fourth-order valence-corrected chi connectivity index (χ4v) is 4.48. The van der Waals surface area contributed by atoms with Gasteiger partial charge in [0.25, 0.3) is 0 Å². The van der Waals surface area contributed by atoms with Crippen molar-refractivity contribution in [3.05, 3.63) is 71.8 Å². The number of aromatic nitrogens is 8. The monoisotopic (exact) mass is 536 g/mol. The molecule has 1 saturated carbocycles. The molecule has 0 N–H and O–H groups in total. The van der Waals surface area contributed by atoms with E-state index in [0.717, 1.165) is 34.8 Å². The zero-order valence-electron chi connectivity index (χ0n) is 21.1. The second-order valence-corrected chi connectivity index (χ2v) is 9.06. The number of ether oxygens (including phenoxy) is 2. The van der Waals surface area contributed by atoms with Crippen molar-refractivity contribution < 1.29 is 22.6 Å². The lowest BCUT2D eigenvalue weighted by atomic mass is 10.1. The van der Waals surface area contributed by atoms with Crippen LogP contribution in [-0.2, 0) is 12.6 Å². The number of alkyl halides is 3. The van der Waals surface area contributed by atoms with Crippen molar-refractivity contribution in [2.24, 2.45) is 0 Å². The molecule has 0 radical (unpaired) electrons. The molecule has 1 aromatic carbocycles. The Morgan fingerprint density at radius 2 is 1.79 bits per heavy atom. The van der Waals surface area contributed by atoms with E-state index in [-0.39, 0.29) is 12.5 Å². The lowest BCUT2D eigenvalue weighted by molar-refractivity contribution is -0.141. The lowest BCUT2D eigenvalue weighted by Crippen LogP contribution is -2.08. The molecule has 4 heterocycles. The van der Waals surface area contributed by atoms with Gasteiger partial charge in [0.05, 0.1) is 37.0 Å². The Morgan fingerprint density at radius 1 is 1.00 bits per heavy atom. The average Bonchev–Trinajstić information content (AvgIpc) is 3.60. The summed E-state index contributed by atoms with van der Waals surface area (Å²) in [7, 11) is 1.56. The van der Waals surface area contributed by atoms with Gasteiger partial charge in [-0.2, -0.15) is 28.4 Å². The van der Waals surface area contributed by atoms with Crippen molar-refractivity contribution >= 4 is 11.0 Å². The summed E-state index contributed by atoms with van der Waals surface area (Å²) in [5.41, 5.74) is 3.90. The van der Waals surface area contributed by atoms with E-state index in [4.69, 9.17) is 14.6 Å². The molecule has 10 nitrogen and oxygen atoms in total. The lowest BCUT2D eigenvalue weighted by Gasteiger charge is -2.12. The zero-order chi connectivity index (χ0) is 27.1. The molecular weight excluding hydrogens is 513 g/mol. The highest BCUT2D eigenvalue weighted by molar-refractivity contribution is 5.79. The Kier molecular flexibility index (Phi) is 6.12. The molecule has 4 aromatic heterocycles. The van der Waals surface area contributed by atoms with E-state index in [0.29, 0.717) is 46.3 Å². The van der Waals surface area contributed by atoms with Crippen molar-refractivity contribution in [1.29, 1.82) is 0 Å². The quantitative estimate of drug-likeness (QED) is 0.281. The first-order valence-corrected chi connectivity index (χ1v) is 12.3. The van der Waals surface area contributed by atoms with Gasteiger partial charge in [0.1, 0.15) is 29.4 Å². The molecule has 0 unspecified atom stereocenters. The third-order valence-corrected chi connectivity index (χ3v) is 6.41. The number of methoxy groups -OCH3 is 1. The van der Waals surface area contributed by atoms with Gasteiger partial charge in [-0.3, -0.25) is 0 Å². The molecule has 5 aromatic rings. The van der Waals surface area contributed by atoms with Crippen LogP contribution in [0.2, 0.25) is 0 Å². The highest BCUT2D eigenvalue weighted by atomic mass is 19.4. The van der Waals surface area contributed by atoms with Gasteiger partial charge in [0, 0.05) is 18.4 Å². The van der Waals surface area contributed by atoms with E-state index in [1.807, 2.05) is 12.1 Å². The van der Waals surface area contributed by atoms with E-state index < -0.39 is 11.9 Å². The molecule has 1 fully saturated rings. The molecule has 13 heteroatoms. The first-order valence-electron chi connectivity index (χ1n) is 12.3. The molecular formula is C26H23F3N8O2. The van der Waals surface area contributed by atoms with Gasteiger partial charge in [-0.05, 0) is 37.5 Å². The normalized spacial score (nSPS) is 13.7. The highest BCUT2D eigenvalue weighted by Crippen LogP contribution is 2.43. The fourth-order valence-electron chi connectivity index (χ4n) is 4.48. The van der Waals surface area contributed by atoms with Crippen LogP contribution in [-0.4, -0.2) is 53.2 Å². The predicted octanol–water partition coefficient (Wildman–Crippen LogP) is 4.69. The third kappa shape index (κ3) is 4.64. The Labute approximate surface area is 220 Å². The molecule has 0 spiro atoms. The Morgan fingerprint density at radius 3 is 2.49 bits per heavy atom. The highest BCUT2D eigenvalue weighted by Gasteiger charge is 2.36. The summed E-state index contributed by atoms with van der Waals surface area (Å²) in [6, 6.07) is 7.91. The molecule has 1 aliphatic carbocycles. The second kappa shape index (κ2) is 9.64. The number of benzene rings is 1. The van der Waals surface area contributed by atoms with Crippen molar-refractivity contribution in [3.63, 3.8) is 0 Å². The van der Waals surface area contributed by atoms with Crippen LogP contribution in [0, 0.1) is 0 Å². The average molecular weight is 537 g/mol. The van der Waals surface area contributed by atoms with Gasteiger partial charge in [-0.15, -0.1) is 0 Å². The largest absolute Gasteiger partial charge is 0.479 e. The summed E-state index contributed by atoms with van der Waals surface area (Å²) in [6.45, 7) is 1.91. The van der Waals surface area contributed by atoms with Gasteiger partial charge in [-0.25, -0.2) is 24.3 Å². The van der Waals surface area contributed by atoms with Crippen molar-refractivity contribution in [2.75, 3.05) is 13.7 Å². The number of halogens is 3.